The number of halogens is 1. The number of pyridine rings is 1. The fourth-order valence-electron chi connectivity index (χ4n) is 2.88. The van der Waals surface area contributed by atoms with Gasteiger partial charge in [0.15, 0.2) is 0 Å². The predicted octanol–water partition coefficient (Wildman–Crippen LogP) is 2.56. The van der Waals surface area contributed by atoms with Crippen LogP contribution in [0.5, 0.6) is 0 Å². The van der Waals surface area contributed by atoms with Gasteiger partial charge < -0.3 is 5.32 Å². The number of fused-ring (bicyclic) bond motifs is 1. The molecule has 2 aromatic rings. The summed E-state index contributed by atoms with van der Waals surface area (Å²) in [6, 6.07) is 7.86. The highest BCUT2D eigenvalue weighted by Gasteiger charge is 2.23. The number of hydrogen-bond acceptors (Lipinski definition) is 3. The van der Waals surface area contributed by atoms with Crippen LogP contribution in [0, 0.1) is 5.82 Å². The first kappa shape index (κ1) is 13.5. The van der Waals surface area contributed by atoms with E-state index in [9.17, 15) is 4.39 Å². The summed E-state index contributed by atoms with van der Waals surface area (Å²) in [4.78, 5) is 6.82. The smallest absolute Gasteiger partial charge is 0.124 e. The highest BCUT2D eigenvalue weighted by atomic mass is 19.1. The Hall–Kier alpha value is -1.52. The van der Waals surface area contributed by atoms with Gasteiger partial charge in [-0.2, -0.15) is 0 Å². The highest BCUT2D eigenvalue weighted by Crippen LogP contribution is 2.21. The molecule has 106 valence electrons. The van der Waals surface area contributed by atoms with Crippen LogP contribution in [0.2, 0.25) is 0 Å². The van der Waals surface area contributed by atoms with E-state index >= 15 is 0 Å². The van der Waals surface area contributed by atoms with E-state index in [0.29, 0.717) is 12.1 Å². The summed E-state index contributed by atoms with van der Waals surface area (Å²) in [6.45, 7) is 7.08. The summed E-state index contributed by atoms with van der Waals surface area (Å²) in [5, 5.41) is 4.34. The van der Waals surface area contributed by atoms with E-state index in [0.717, 1.165) is 36.1 Å². The molecule has 2 atom stereocenters. The Bertz CT molecular complexity index is 614. The monoisotopic (exact) mass is 273 g/mol. The zero-order valence-electron chi connectivity index (χ0n) is 11.9. The molecule has 1 aliphatic heterocycles. The van der Waals surface area contributed by atoms with E-state index in [1.165, 1.54) is 0 Å². The van der Waals surface area contributed by atoms with Crippen LogP contribution in [-0.4, -0.2) is 35.1 Å². The summed E-state index contributed by atoms with van der Waals surface area (Å²) in [5.41, 5.74) is 1.88. The lowest BCUT2D eigenvalue weighted by Gasteiger charge is -2.37. The standard InChI is InChI=1S/C16H20FN3/c1-11-9-20(12(2)8-19-11)10-14-7-15(17)6-13-4-3-5-18-16(13)14/h3-7,11-12,19H,8-10H2,1-2H3. The Morgan fingerprint density at radius 1 is 1.40 bits per heavy atom. The average molecular weight is 273 g/mol. The van der Waals surface area contributed by atoms with Crippen molar-refractivity contribution in [2.45, 2.75) is 32.5 Å². The topological polar surface area (TPSA) is 28.2 Å². The molecule has 20 heavy (non-hydrogen) atoms. The van der Waals surface area contributed by atoms with Crippen molar-refractivity contribution >= 4 is 10.9 Å². The minimum absolute atomic E-state index is 0.184. The maximum absolute atomic E-state index is 13.8. The van der Waals surface area contributed by atoms with Crippen LogP contribution in [0.4, 0.5) is 4.39 Å². The minimum Gasteiger partial charge on any atom is -0.311 e. The lowest BCUT2D eigenvalue weighted by Crippen LogP contribution is -2.53. The summed E-state index contributed by atoms with van der Waals surface area (Å²) in [6.07, 6.45) is 1.77. The largest absolute Gasteiger partial charge is 0.311 e. The van der Waals surface area contributed by atoms with Crippen molar-refractivity contribution in [1.29, 1.82) is 0 Å². The first-order valence-corrected chi connectivity index (χ1v) is 7.14. The predicted molar refractivity (Wildman–Crippen MR) is 79.0 cm³/mol. The van der Waals surface area contributed by atoms with Crippen LogP contribution in [-0.2, 0) is 6.54 Å². The van der Waals surface area contributed by atoms with Crippen LogP contribution >= 0.6 is 0 Å². The van der Waals surface area contributed by atoms with Gasteiger partial charge in [-0.1, -0.05) is 6.07 Å². The number of aromatic nitrogens is 1. The number of benzene rings is 1. The number of nitrogens with one attached hydrogen (secondary N) is 1. The molecular weight excluding hydrogens is 253 g/mol. The van der Waals surface area contributed by atoms with E-state index in [1.54, 1.807) is 18.3 Å². The summed E-state index contributed by atoms with van der Waals surface area (Å²) < 4.78 is 13.8. The minimum atomic E-state index is -0.184. The van der Waals surface area contributed by atoms with Gasteiger partial charge in [-0.25, -0.2) is 4.39 Å². The number of nitrogens with zero attached hydrogens (tertiary/aromatic N) is 2. The Labute approximate surface area is 118 Å². The highest BCUT2D eigenvalue weighted by molar-refractivity contribution is 5.81. The Morgan fingerprint density at radius 3 is 3.10 bits per heavy atom. The van der Waals surface area contributed by atoms with Crippen molar-refractivity contribution < 1.29 is 4.39 Å². The van der Waals surface area contributed by atoms with Gasteiger partial charge in [-0.15, -0.1) is 0 Å². The average Bonchev–Trinajstić information content (AvgIpc) is 2.43. The van der Waals surface area contributed by atoms with Gasteiger partial charge in [0.1, 0.15) is 5.82 Å². The summed E-state index contributed by atoms with van der Waals surface area (Å²) in [5.74, 6) is -0.184. The van der Waals surface area contributed by atoms with E-state index in [1.807, 2.05) is 12.1 Å². The lowest BCUT2D eigenvalue weighted by atomic mass is 10.1. The van der Waals surface area contributed by atoms with Crippen LogP contribution in [0.3, 0.4) is 0 Å². The molecule has 1 N–H and O–H groups in total. The van der Waals surface area contributed by atoms with Gasteiger partial charge >= 0.3 is 0 Å². The van der Waals surface area contributed by atoms with E-state index < -0.39 is 0 Å². The zero-order chi connectivity index (χ0) is 14.1. The second kappa shape index (κ2) is 5.46. The Morgan fingerprint density at radius 2 is 2.25 bits per heavy atom. The Balaban J connectivity index is 1.93. The third-order valence-corrected chi connectivity index (χ3v) is 4.02. The maximum Gasteiger partial charge on any atom is 0.124 e. The normalized spacial score (nSPS) is 24.1. The van der Waals surface area contributed by atoms with Gasteiger partial charge in [0.2, 0.25) is 0 Å². The fraction of sp³-hybridized carbons (Fsp3) is 0.438. The van der Waals surface area contributed by atoms with E-state index in [2.05, 4.69) is 29.0 Å². The van der Waals surface area contributed by atoms with Gasteiger partial charge in [0.25, 0.3) is 0 Å². The van der Waals surface area contributed by atoms with Crippen molar-refractivity contribution in [2.75, 3.05) is 13.1 Å². The zero-order valence-corrected chi connectivity index (χ0v) is 11.9. The maximum atomic E-state index is 13.8. The molecule has 0 amide bonds. The van der Waals surface area contributed by atoms with Gasteiger partial charge in [0, 0.05) is 43.3 Å². The molecule has 1 aromatic carbocycles. The van der Waals surface area contributed by atoms with Gasteiger partial charge in [-0.3, -0.25) is 9.88 Å². The molecule has 1 aromatic heterocycles. The third kappa shape index (κ3) is 2.67. The molecule has 0 aliphatic carbocycles. The van der Waals surface area contributed by atoms with Crippen LogP contribution in [0.25, 0.3) is 10.9 Å². The quantitative estimate of drug-likeness (QED) is 0.911. The van der Waals surface area contributed by atoms with Crippen molar-refractivity contribution in [1.82, 2.24) is 15.2 Å². The van der Waals surface area contributed by atoms with Gasteiger partial charge in [0.05, 0.1) is 5.52 Å². The summed E-state index contributed by atoms with van der Waals surface area (Å²) in [7, 11) is 0. The summed E-state index contributed by atoms with van der Waals surface area (Å²) >= 11 is 0. The molecule has 0 saturated carbocycles. The van der Waals surface area contributed by atoms with Crippen molar-refractivity contribution in [3.63, 3.8) is 0 Å². The third-order valence-electron chi connectivity index (χ3n) is 4.02. The first-order valence-electron chi connectivity index (χ1n) is 7.14. The molecule has 3 rings (SSSR count). The molecule has 1 fully saturated rings. The van der Waals surface area contributed by atoms with Gasteiger partial charge in [-0.05, 0) is 37.6 Å². The molecule has 4 heteroatoms. The Kier molecular flexibility index (Phi) is 3.68. The molecule has 2 unspecified atom stereocenters. The van der Waals surface area contributed by atoms with Crippen molar-refractivity contribution in [3.05, 3.63) is 41.8 Å². The van der Waals surface area contributed by atoms with Crippen molar-refractivity contribution in [3.8, 4) is 0 Å². The first-order chi connectivity index (χ1) is 9.63. The molecule has 3 nitrogen and oxygen atoms in total. The fourth-order valence-corrected chi connectivity index (χ4v) is 2.88. The van der Waals surface area contributed by atoms with Crippen molar-refractivity contribution in [2.24, 2.45) is 0 Å². The van der Waals surface area contributed by atoms with Crippen LogP contribution < -0.4 is 5.32 Å². The van der Waals surface area contributed by atoms with E-state index in [-0.39, 0.29) is 5.82 Å². The number of piperazine rings is 1. The molecule has 0 radical (unpaired) electrons. The molecule has 2 heterocycles. The molecule has 0 bridgehead atoms. The van der Waals surface area contributed by atoms with Crippen LogP contribution in [0.1, 0.15) is 19.4 Å². The second-order valence-electron chi connectivity index (χ2n) is 5.73. The molecule has 0 spiro atoms. The SMILES string of the molecule is CC1CN(Cc2cc(F)cc3cccnc23)C(C)CN1. The molecular formula is C16H20FN3. The number of hydrogen-bond donors (Lipinski definition) is 1. The second-order valence-corrected chi connectivity index (χ2v) is 5.73. The lowest BCUT2D eigenvalue weighted by molar-refractivity contribution is 0.139. The molecule has 1 aliphatic rings. The van der Waals surface area contributed by atoms with E-state index in [4.69, 9.17) is 0 Å². The number of rotatable bonds is 2. The van der Waals surface area contributed by atoms with Crippen LogP contribution in [0.15, 0.2) is 30.5 Å². The molecule has 1 saturated heterocycles.